The molecule has 3 heterocycles. The van der Waals surface area contributed by atoms with Crippen molar-refractivity contribution in [3.63, 3.8) is 0 Å². The monoisotopic (exact) mass is 352 g/mol. The standard InChI is InChI=1S/C23H20N4/c24-16-19-18(17-9-3-1-4-10-17)15-22(26-13-7-2-8-14-26)27-21-12-6-5-11-20(21)25-23(19)27/h1,3-6,9-12,15H,2,7-8,13-14H2. The SMILES string of the molecule is N#Cc1c(-c2ccccc2)cc(N2CCCCC2)n2c1nc1ccccc12. The molecule has 132 valence electrons. The Kier molecular flexibility index (Phi) is 3.79. The van der Waals surface area contributed by atoms with E-state index in [-0.39, 0.29) is 0 Å². The van der Waals surface area contributed by atoms with E-state index < -0.39 is 0 Å². The molecule has 0 spiro atoms. The smallest absolute Gasteiger partial charge is 0.158 e. The lowest BCUT2D eigenvalue weighted by Crippen LogP contribution is -2.31. The predicted molar refractivity (Wildman–Crippen MR) is 109 cm³/mol. The van der Waals surface area contributed by atoms with Crippen molar-refractivity contribution in [1.82, 2.24) is 9.38 Å². The topological polar surface area (TPSA) is 44.3 Å². The van der Waals surface area contributed by atoms with Gasteiger partial charge in [-0.15, -0.1) is 0 Å². The maximum absolute atomic E-state index is 9.99. The lowest BCUT2D eigenvalue weighted by atomic mass is 10.0. The highest BCUT2D eigenvalue weighted by Crippen LogP contribution is 2.35. The van der Waals surface area contributed by atoms with Crippen LogP contribution in [-0.4, -0.2) is 22.5 Å². The van der Waals surface area contributed by atoms with Crippen molar-refractivity contribution in [2.75, 3.05) is 18.0 Å². The molecular weight excluding hydrogens is 332 g/mol. The van der Waals surface area contributed by atoms with E-state index >= 15 is 0 Å². The van der Waals surface area contributed by atoms with Gasteiger partial charge in [-0.2, -0.15) is 5.26 Å². The van der Waals surface area contributed by atoms with Crippen molar-refractivity contribution >= 4 is 22.5 Å². The summed E-state index contributed by atoms with van der Waals surface area (Å²) in [5, 5.41) is 9.99. The zero-order valence-electron chi connectivity index (χ0n) is 15.1. The van der Waals surface area contributed by atoms with E-state index in [4.69, 9.17) is 4.98 Å². The van der Waals surface area contributed by atoms with Crippen LogP contribution in [0, 0.1) is 11.3 Å². The minimum atomic E-state index is 0.637. The Labute approximate surface area is 158 Å². The summed E-state index contributed by atoms with van der Waals surface area (Å²) in [5.41, 5.74) is 5.39. The molecule has 0 N–H and O–H groups in total. The van der Waals surface area contributed by atoms with Crippen LogP contribution in [0.4, 0.5) is 5.82 Å². The number of pyridine rings is 1. The number of rotatable bonds is 2. The van der Waals surface area contributed by atoms with Crippen molar-refractivity contribution in [3.05, 3.63) is 66.2 Å². The van der Waals surface area contributed by atoms with Gasteiger partial charge in [0.1, 0.15) is 17.5 Å². The van der Waals surface area contributed by atoms with Crippen LogP contribution in [0.15, 0.2) is 60.7 Å². The Balaban J connectivity index is 1.89. The molecule has 2 aromatic carbocycles. The van der Waals surface area contributed by atoms with Crippen LogP contribution in [0.1, 0.15) is 24.8 Å². The van der Waals surface area contributed by atoms with Gasteiger partial charge in [-0.1, -0.05) is 42.5 Å². The van der Waals surface area contributed by atoms with E-state index in [0.717, 1.165) is 46.7 Å². The minimum absolute atomic E-state index is 0.637. The van der Waals surface area contributed by atoms with E-state index in [1.54, 1.807) is 0 Å². The van der Waals surface area contributed by atoms with Gasteiger partial charge in [-0.3, -0.25) is 4.40 Å². The summed E-state index contributed by atoms with van der Waals surface area (Å²) in [7, 11) is 0. The number of benzene rings is 2. The number of fused-ring (bicyclic) bond motifs is 3. The summed E-state index contributed by atoms with van der Waals surface area (Å²) in [4.78, 5) is 7.28. The first-order chi connectivity index (χ1) is 13.4. The number of piperidine rings is 1. The van der Waals surface area contributed by atoms with Crippen molar-refractivity contribution in [1.29, 1.82) is 5.26 Å². The minimum Gasteiger partial charge on any atom is -0.358 e. The van der Waals surface area contributed by atoms with Gasteiger partial charge in [0.05, 0.1) is 11.0 Å². The van der Waals surface area contributed by atoms with E-state index in [0.29, 0.717) is 5.56 Å². The Morgan fingerprint density at radius 2 is 1.63 bits per heavy atom. The summed E-state index contributed by atoms with van der Waals surface area (Å²) in [6, 6.07) is 22.9. The second-order valence-corrected chi connectivity index (χ2v) is 7.08. The average molecular weight is 352 g/mol. The second-order valence-electron chi connectivity index (χ2n) is 7.08. The molecule has 1 saturated heterocycles. The molecule has 0 atom stereocenters. The molecule has 0 bridgehead atoms. The third-order valence-corrected chi connectivity index (χ3v) is 5.43. The second kappa shape index (κ2) is 6.44. The van der Waals surface area contributed by atoms with E-state index in [9.17, 15) is 5.26 Å². The first kappa shape index (κ1) is 15.9. The van der Waals surface area contributed by atoms with Crippen LogP contribution < -0.4 is 4.90 Å². The molecular formula is C23H20N4. The molecule has 4 nitrogen and oxygen atoms in total. The fourth-order valence-electron chi connectivity index (χ4n) is 4.12. The fourth-order valence-corrected chi connectivity index (χ4v) is 4.12. The third-order valence-electron chi connectivity index (χ3n) is 5.43. The van der Waals surface area contributed by atoms with Gasteiger partial charge in [0.2, 0.25) is 0 Å². The first-order valence-electron chi connectivity index (χ1n) is 9.51. The van der Waals surface area contributed by atoms with Gasteiger partial charge >= 0.3 is 0 Å². The maximum Gasteiger partial charge on any atom is 0.158 e. The molecule has 1 aliphatic rings. The van der Waals surface area contributed by atoms with Crippen molar-refractivity contribution < 1.29 is 0 Å². The van der Waals surface area contributed by atoms with E-state index in [2.05, 4.69) is 39.6 Å². The molecule has 0 aliphatic carbocycles. The molecule has 0 unspecified atom stereocenters. The highest BCUT2D eigenvalue weighted by atomic mass is 15.2. The molecule has 4 heteroatoms. The predicted octanol–water partition coefficient (Wildman–Crippen LogP) is 5.02. The average Bonchev–Trinajstić information content (AvgIpc) is 3.13. The summed E-state index contributed by atoms with van der Waals surface area (Å²) < 4.78 is 2.17. The molecule has 0 saturated carbocycles. The Bertz CT molecular complexity index is 1160. The van der Waals surface area contributed by atoms with Crippen LogP contribution in [0.3, 0.4) is 0 Å². The van der Waals surface area contributed by atoms with Crippen molar-refractivity contribution in [2.45, 2.75) is 19.3 Å². The van der Waals surface area contributed by atoms with Crippen LogP contribution in [0.2, 0.25) is 0 Å². The zero-order valence-corrected chi connectivity index (χ0v) is 15.1. The Morgan fingerprint density at radius 1 is 0.889 bits per heavy atom. The van der Waals surface area contributed by atoms with Gasteiger partial charge < -0.3 is 4.90 Å². The molecule has 1 fully saturated rings. The van der Waals surface area contributed by atoms with Gasteiger partial charge in [0, 0.05) is 18.7 Å². The molecule has 0 amide bonds. The summed E-state index contributed by atoms with van der Waals surface area (Å²) >= 11 is 0. The third kappa shape index (κ3) is 2.55. The number of aromatic nitrogens is 2. The zero-order chi connectivity index (χ0) is 18.2. The van der Waals surface area contributed by atoms with Crippen molar-refractivity contribution in [2.24, 2.45) is 0 Å². The lowest BCUT2D eigenvalue weighted by molar-refractivity contribution is 0.572. The summed E-state index contributed by atoms with van der Waals surface area (Å²) in [6.45, 7) is 2.09. The summed E-state index contributed by atoms with van der Waals surface area (Å²) in [6.07, 6.45) is 3.69. The number of nitrogens with zero attached hydrogens (tertiary/aromatic N) is 4. The highest BCUT2D eigenvalue weighted by Gasteiger charge is 2.21. The molecule has 0 radical (unpaired) electrons. The first-order valence-corrected chi connectivity index (χ1v) is 9.51. The van der Waals surface area contributed by atoms with Gasteiger partial charge in [0.15, 0.2) is 5.65 Å². The molecule has 2 aromatic heterocycles. The van der Waals surface area contributed by atoms with Crippen LogP contribution in [0.25, 0.3) is 27.8 Å². The van der Waals surface area contributed by atoms with Gasteiger partial charge in [-0.25, -0.2) is 4.98 Å². The van der Waals surface area contributed by atoms with E-state index in [1.807, 2.05) is 36.4 Å². The van der Waals surface area contributed by atoms with Crippen LogP contribution in [0.5, 0.6) is 0 Å². The van der Waals surface area contributed by atoms with Crippen LogP contribution in [-0.2, 0) is 0 Å². The number of imidazole rings is 1. The summed E-state index contributed by atoms with van der Waals surface area (Å²) in [5.74, 6) is 1.14. The number of para-hydroxylation sites is 2. The highest BCUT2D eigenvalue weighted by molar-refractivity contribution is 5.89. The Morgan fingerprint density at radius 3 is 2.41 bits per heavy atom. The molecule has 1 aliphatic heterocycles. The largest absolute Gasteiger partial charge is 0.358 e. The number of hydrogen-bond acceptors (Lipinski definition) is 3. The number of nitriles is 1. The quantitative estimate of drug-likeness (QED) is 0.509. The van der Waals surface area contributed by atoms with Crippen molar-refractivity contribution in [3.8, 4) is 17.2 Å². The fraction of sp³-hybridized carbons (Fsp3) is 0.217. The van der Waals surface area contributed by atoms with Gasteiger partial charge in [0.25, 0.3) is 0 Å². The number of hydrogen-bond donors (Lipinski definition) is 0. The molecule has 4 aromatic rings. The molecule has 5 rings (SSSR count). The normalized spacial score (nSPS) is 14.6. The maximum atomic E-state index is 9.99. The van der Waals surface area contributed by atoms with Crippen LogP contribution >= 0.6 is 0 Å². The lowest BCUT2D eigenvalue weighted by Gasteiger charge is -2.30. The van der Waals surface area contributed by atoms with E-state index in [1.165, 1.54) is 19.3 Å². The van der Waals surface area contributed by atoms with Gasteiger partial charge in [-0.05, 0) is 43.0 Å². The molecule has 27 heavy (non-hydrogen) atoms. The number of anilines is 1. The Hall–Kier alpha value is -3.32.